The van der Waals surface area contributed by atoms with Gasteiger partial charge in [-0.05, 0) is 42.8 Å². The maximum Gasteiger partial charge on any atom is 0.360 e. The SMILES string of the molecule is CCC(N)(CO)COP(=O)(O)c1ccc(Sc2cccc(O)c2)cc1Cl. The van der Waals surface area contributed by atoms with E-state index in [1.54, 1.807) is 37.3 Å². The molecule has 26 heavy (non-hydrogen) atoms. The average molecular weight is 418 g/mol. The summed E-state index contributed by atoms with van der Waals surface area (Å²) in [6.45, 7) is 1.11. The van der Waals surface area contributed by atoms with Crippen LogP contribution in [0.5, 0.6) is 5.75 Å². The van der Waals surface area contributed by atoms with Crippen molar-refractivity contribution in [2.45, 2.75) is 28.7 Å². The number of hydrogen-bond donors (Lipinski definition) is 4. The summed E-state index contributed by atoms with van der Waals surface area (Å²) in [6, 6.07) is 11.3. The first-order valence-corrected chi connectivity index (χ1v) is 10.6. The van der Waals surface area contributed by atoms with Crippen molar-refractivity contribution in [2.75, 3.05) is 13.2 Å². The lowest BCUT2D eigenvalue weighted by molar-refractivity contribution is 0.124. The number of benzene rings is 2. The van der Waals surface area contributed by atoms with Gasteiger partial charge in [-0.25, -0.2) is 0 Å². The predicted octanol–water partition coefficient (Wildman–Crippen LogP) is 3.12. The van der Waals surface area contributed by atoms with E-state index in [0.29, 0.717) is 6.42 Å². The zero-order valence-electron chi connectivity index (χ0n) is 14.1. The largest absolute Gasteiger partial charge is 0.508 e. The molecule has 0 aliphatic heterocycles. The molecule has 2 unspecified atom stereocenters. The van der Waals surface area contributed by atoms with Gasteiger partial charge < -0.3 is 25.4 Å². The number of phenolic OH excluding ortho intramolecular Hbond substituents is 1. The van der Waals surface area contributed by atoms with Gasteiger partial charge in [-0.3, -0.25) is 4.57 Å². The van der Waals surface area contributed by atoms with E-state index in [2.05, 4.69) is 0 Å². The number of aromatic hydroxyl groups is 1. The molecule has 0 spiro atoms. The smallest absolute Gasteiger partial charge is 0.360 e. The average Bonchev–Trinajstić information content (AvgIpc) is 2.60. The molecule has 0 amide bonds. The van der Waals surface area contributed by atoms with Crippen molar-refractivity contribution in [1.29, 1.82) is 0 Å². The summed E-state index contributed by atoms with van der Waals surface area (Å²) < 4.78 is 17.6. The third kappa shape index (κ3) is 5.47. The minimum absolute atomic E-state index is 0.0316. The summed E-state index contributed by atoms with van der Waals surface area (Å²) in [5.74, 6) is 0.149. The lowest BCUT2D eigenvalue weighted by atomic mass is 10.0. The Kier molecular flexibility index (Phi) is 7.16. The van der Waals surface area contributed by atoms with E-state index < -0.39 is 13.1 Å². The number of hydrogen-bond acceptors (Lipinski definition) is 6. The van der Waals surface area contributed by atoms with E-state index in [9.17, 15) is 19.7 Å². The van der Waals surface area contributed by atoms with E-state index >= 15 is 0 Å². The number of aliphatic hydroxyl groups excluding tert-OH is 1. The first-order valence-electron chi connectivity index (χ1n) is 7.83. The van der Waals surface area contributed by atoms with Crippen molar-refractivity contribution in [3.05, 3.63) is 47.5 Å². The molecule has 2 aromatic rings. The van der Waals surface area contributed by atoms with Crippen LogP contribution in [0.4, 0.5) is 0 Å². The summed E-state index contributed by atoms with van der Waals surface area (Å²) in [7, 11) is -4.19. The van der Waals surface area contributed by atoms with Crippen LogP contribution < -0.4 is 11.0 Å². The van der Waals surface area contributed by atoms with Crippen LogP contribution >= 0.6 is 31.0 Å². The molecular weight excluding hydrogens is 397 g/mol. The third-order valence-electron chi connectivity index (χ3n) is 3.82. The summed E-state index contributed by atoms with van der Waals surface area (Å²) in [5, 5.41) is 18.8. The van der Waals surface area contributed by atoms with Crippen LogP contribution in [0, 0.1) is 0 Å². The number of aliphatic hydroxyl groups is 1. The van der Waals surface area contributed by atoms with E-state index in [4.69, 9.17) is 21.9 Å². The summed E-state index contributed by atoms with van der Waals surface area (Å²) in [5.41, 5.74) is 4.79. The highest BCUT2D eigenvalue weighted by Crippen LogP contribution is 2.44. The molecule has 0 aliphatic rings. The van der Waals surface area contributed by atoms with Crippen LogP contribution in [-0.2, 0) is 9.09 Å². The van der Waals surface area contributed by atoms with Gasteiger partial charge in [-0.1, -0.05) is 36.4 Å². The Balaban J connectivity index is 2.16. The van der Waals surface area contributed by atoms with Crippen molar-refractivity contribution in [2.24, 2.45) is 5.73 Å². The fourth-order valence-electron chi connectivity index (χ4n) is 2.01. The Morgan fingerprint density at radius 3 is 2.54 bits per heavy atom. The molecule has 0 saturated carbocycles. The van der Waals surface area contributed by atoms with E-state index in [1.807, 2.05) is 6.07 Å². The molecule has 5 N–H and O–H groups in total. The fraction of sp³-hybridized carbons (Fsp3) is 0.294. The second-order valence-electron chi connectivity index (χ2n) is 5.88. The Morgan fingerprint density at radius 1 is 1.27 bits per heavy atom. The maximum absolute atomic E-state index is 12.5. The van der Waals surface area contributed by atoms with Crippen LogP contribution in [-0.4, -0.2) is 33.9 Å². The molecule has 2 rings (SSSR count). The Hall–Kier alpha value is -1.05. The van der Waals surface area contributed by atoms with E-state index in [-0.39, 0.29) is 29.3 Å². The van der Waals surface area contributed by atoms with Crippen molar-refractivity contribution in [1.82, 2.24) is 0 Å². The highest BCUT2D eigenvalue weighted by molar-refractivity contribution is 7.99. The highest BCUT2D eigenvalue weighted by Gasteiger charge is 2.31. The van der Waals surface area contributed by atoms with Gasteiger partial charge in [0.25, 0.3) is 0 Å². The molecule has 2 atom stereocenters. The highest BCUT2D eigenvalue weighted by atomic mass is 35.5. The summed E-state index contributed by atoms with van der Waals surface area (Å²) in [6.07, 6.45) is 0.386. The van der Waals surface area contributed by atoms with Crippen molar-refractivity contribution < 1.29 is 24.2 Å². The van der Waals surface area contributed by atoms with Crippen LogP contribution in [0.1, 0.15) is 13.3 Å². The number of halogens is 1. The molecule has 0 heterocycles. The summed E-state index contributed by atoms with van der Waals surface area (Å²) in [4.78, 5) is 11.7. The van der Waals surface area contributed by atoms with Crippen molar-refractivity contribution in [3.8, 4) is 5.75 Å². The number of nitrogens with two attached hydrogens (primary N) is 1. The quantitative estimate of drug-likeness (QED) is 0.488. The normalized spacial score (nSPS) is 16.0. The van der Waals surface area contributed by atoms with Crippen LogP contribution in [0.15, 0.2) is 52.3 Å². The molecule has 6 nitrogen and oxygen atoms in total. The molecule has 0 fully saturated rings. The lowest BCUT2D eigenvalue weighted by Gasteiger charge is -2.26. The molecule has 0 bridgehead atoms. The van der Waals surface area contributed by atoms with Gasteiger partial charge >= 0.3 is 7.60 Å². The maximum atomic E-state index is 12.5. The molecule has 142 valence electrons. The Bertz CT molecular complexity index is 815. The molecule has 0 saturated heterocycles. The van der Waals surface area contributed by atoms with Crippen molar-refractivity contribution >= 4 is 36.3 Å². The molecule has 0 aliphatic carbocycles. The molecule has 0 aromatic heterocycles. The van der Waals surface area contributed by atoms with E-state index in [1.165, 1.54) is 17.8 Å². The summed E-state index contributed by atoms with van der Waals surface area (Å²) >= 11 is 7.52. The second-order valence-corrected chi connectivity index (χ2v) is 9.22. The van der Waals surface area contributed by atoms with Gasteiger partial charge in [-0.15, -0.1) is 0 Å². The number of phenols is 1. The zero-order valence-corrected chi connectivity index (χ0v) is 16.6. The van der Waals surface area contributed by atoms with Gasteiger partial charge in [0, 0.05) is 9.79 Å². The zero-order chi connectivity index (χ0) is 19.4. The topological polar surface area (TPSA) is 113 Å². The van der Waals surface area contributed by atoms with Gasteiger partial charge in [0.2, 0.25) is 0 Å². The molecule has 9 heteroatoms. The number of rotatable bonds is 8. The monoisotopic (exact) mass is 417 g/mol. The third-order valence-corrected chi connectivity index (χ3v) is 6.72. The minimum Gasteiger partial charge on any atom is -0.508 e. The van der Waals surface area contributed by atoms with Crippen molar-refractivity contribution in [3.63, 3.8) is 0 Å². The first kappa shape index (κ1) is 21.3. The minimum atomic E-state index is -4.19. The van der Waals surface area contributed by atoms with E-state index in [0.717, 1.165) is 9.79 Å². The Labute approximate surface area is 161 Å². The van der Waals surface area contributed by atoms with Crippen LogP contribution in [0.2, 0.25) is 5.02 Å². The standard InChI is InChI=1S/C17H21ClNO5PS/c1-2-17(19,10-20)11-24-25(22,23)16-7-6-14(9-15(16)18)26-13-5-3-4-12(21)8-13/h3-9,20-21H,2,10-11,19H2,1H3,(H,22,23). The second kappa shape index (κ2) is 8.76. The molecule has 2 aromatic carbocycles. The predicted molar refractivity (Wildman–Crippen MR) is 103 cm³/mol. The lowest BCUT2D eigenvalue weighted by Crippen LogP contribution is -2.47. The van der Waals surface area contributed by atoms with Crippen LogP contribution in [0.3, 0.4) is 0 Å². The van der Waals surface area contributed by atoms with Gasteiger partial charge in [-0.2, -0.15) is 0 Å². The van der Waals surface area contributed by atoms with Gasteiger partial charge in [0.15, 0.2) is 0 Å². The molecule has 0 radical (unpaired) electrons. The fourth-order valence-corrected chi connectivity index (χ4v) is 4.65. The molecular formula is C17H21ClNO5PS. The van der Waals surface area contributed by atoms with Crippen LogP contribution in [0.25, 0.3) is 0 Å². The van der Waals surface area contributed by atoms with Gasteiger partial charge in [0.1, 0.15) is 5.75 Å². The Morgan fingerprint density at radius 2 is 1.96 bits per heavy atom. The first-order chi connectivity index (χ1) is 12.2. The van der Waals surface area contributed by atoms with Gasteiger partial charge in [0.05, 0.1) is 29.1 Å².